The third-order valence-electron chi connectivity index (χ3n) is 10.7. The van der Waals surface area contributed by atoms with Crippen LogP contribution in [0.4, 0.5) is 8.78 Å². The predicted molar refractivity (Wildman–Crippen MR) is 184 cm³/mol. The van der Waals surface area contributed by atoms with E-state index in [9.17, 15) is 24.9 Å². The molecule has 13 nitrogen and oxygen atoms in total. The first-order chi connectivity index (χ1) is 24.6. The van der Waals surface area contributed by atoms with Crippen LogP contribution in [0.1, 0.15) is 77.3 Å². The lowest BCUT2D eigenvalue weighted by molar-refractivity contribution is -0.177. The number of carbonyl (C=O) groups is 4. The number of aliphatic carboxylic acids is 1. The molecule has 5 N–H and O–H groups in total. The first kappa shape index (κ1) is 37.9. The topological polar surface area (TPSA) is 178 Å². The molecule has 2 aromatic carbocycles. The number of aromatic hydroxyl groups is 2. The van der Waals surface area contributed by atoms with E-state index in [-0.39, 0.29) is 24.0 Å². The van der Waals surface area contributed by atoms with Gasteiger partial charge in [0.05, 0.1) is 0 Å². The SMILES string of the molecule is CCC(NC1CCCO1)(C(=O)N(C(=O)C(CC)(NC1CCCO1)c1ccc(O)c(F)c1)[C@@H]1C(=O)N2[C@@H]1SC(C)(C)[C@@H]2C(=O)O)c1ccc(O)c(F)c1. The number of amides is 3. The first-order valence-corrected chi connectivity index (χ1v) is 18.4. The van der Waals surface area contributed by atoms with Crippen LogP contribution in [0.25, 0.3) is 0 Å². The molecular formula is C36H44F2N4O9S. The molecule has 52 heavy (non-hydrogen) atoms. The number of halogens is 2. The number of carboxylic acids is 1. The Morgan fingerprint density at radius 1 is 0.904 bits per heavy atom. The summed E-state index contributed by atoms with van der Waals surface area (Å²) in [6.07, 6.45) is 0.640. The Balaban J connectivity index is 1.57. The maximum Gasteiger partial charge on any atom is 0.327 e. The third kappa shape index (κ3) is 6.21. The van der Waals surface area contributed by atoms with Crippen molar-refractivity contribution < 1.29 is 52.8 Å². The van der Waals surface area contributed by atoms with Crippen molar-refractivity contribution in [2.45, 2.75) is 112 Å². The Labute approximate surface area is 304 Å². The number of ether oxygens (including phenoxy) is 2. The first-order valence-electron chi connectivity index (χ1n) is 17.5. The van der Waals surface area contributed by atoms with Gasteiger partial charge in [0.15, 0.2) is 23.1 Å². The highest BCUT2D eigenvalue weighted by Gasteiger charge is 2.68. The Hall–Kier alpha value is -3.83. The number of benzene rings is 2. The lowest BCUT2D eigenvalue weighted by atomic mass is 9.80. The molecule has 4 fully saturated rings. The quantitative estimate of drug-likeness (QED) is 0.200. The fourth-order valence-corrected chi connectivity index (χ4v) is 9.59. The van der Waals surface area contributed by atoms with Gasteiger partial charge in [-0.1, -0.05) is 26.0 Å². The largest absolute Gasteiger partial charge is 0.505 e. The summed E-state index contributed by atoms with van der Waals surface area (Å²) in [5, 5.41) is 35.8. The van der Waals surface area contributed by atoms with Crippen LogP contribution in [0.3, 0.4) is 0 Å². The number of hydrogen-bond donors (Lipinski definition) is 5. The zero-order chi connectivity index (χ0) is 37.7. The van der Waals surface area contributed by atoms with Gasteiger partial charge in [0.1, 0.15) is 41.0 Å². The van der Waals surface area contributed by atoms with Gasteiger partial charge in [0.2, 0.25) is 0 Å². The maximum absolute atomic E-state index is 15.7. The summed E-state index contributed by atoms with van der Waals surface area (Å²) < 4.78 is 40.9. The second-order valence-electron chi connectivity index (χ2n) is 14.2. The number of imide groups is 1. The van der Waals surface area contributed by atoms with Crippen LogP contribution in [-0.2, 0) is 39.7 Å². The summed E-state index contributed by atoms with van der Waals surface area (Å²) in [5.74, 6) is -7.33. The Bertz CT molecular complexity index is 1660. The van der Waals surface area contributed by atoms with Gasteiger partial charge < -0.3 is 29.7 Å². The smallest absolute Gasteiger partial charge is 0.327 e. The number of thioether (sulfide) groups is 1. The van der Waals surface area contributed by atoms with Gasteiger partial charge in [-0.3, -0.25) is 29.9 Å². The number of hydrogen-bond acceptors (Lipinski definition) is 11. The van der Waals surface area contributed by atoms with E-state index >= 15 is 18.4 Å². The van der Waals surface area contributed by atoms with E-state index in [2.05, 4.69) is 10.6 Å². The molecule has 0 bridgehead atoms. The van der Waals surface area contributed by atoms with Crippen molar-refractivity contribution in [2.24, 2.45) is 0 Å². The third-order valence-corrected chi connectivity index (χ3v) is 12.3. The molecule has 16 heteroatoms. The van der Waals surface area contributed by atoms with Crippen molar-refractivity contribution in [3.63, 3.8) is 0 Å². The van der Waals surface area contributed by atoms with Crippen LogP contribution in [0.5, 0.6) is 11.5 Å². The molecule has 0 spiro atoms. The highest BCUT2D eigenvalue weighted by molar-refractivity contribution is 8.01. The molecule has 4 aliphatic heterocycles. The number of carboxylic acid groups (broad SMARTS) is 1. The summed E-state index contributed by atoms with van der Waals surface area (Å²) in [4.78, 5) is 60.1. The average Bonchev–Trinajstić information content (AvgIpc) is 3.87. The number of β-lactam (4-membered cyclic amide) rings is 1. The zero-order valence-corrected chi connectivity index (χ0v) is 30.2. The molecule has 4 saturated heterocycles. The van der Waals surface area contributed by atoms with Crippen molar-refractivity contribution in [2.75, 3.05) is 13.2 Å². The van der Waals surface area contributed by atoms with Gasteiger partial charge in [0, 0.05) is 18.0 Å². The van der Waals surface area contributed by atoms with E-state index in [1.807, 2.05) is 0 Å². The minimum absolute atomic E-state index is 0.0416. The van der Waals surface area contributed by atoms with Gasteiger partial charge in [-0.25, -0.2) is 13.6 Å². The lowest BCUT2D eigenvalue weighted by Gasteiger charge is -2.52. The second kappa shape index (κ2) is 14.2. The maximum atomic E-state index is 15.7. The van der Waals surface area contributed by atoms with Gasteiger partial charge in [-0.2, -0.15) is 0 Å². The molecular weight excluding hydrogens is 702 g/mol. The van der Waals surface area contributed by atoms with E-state index in [4.69, 9.17) is 9.47 Å². The molecule has 4 heterocycles. The number of rotatable bonds is 12. The van der Waals surface area contributed by atoms with Crippen LogP contribution < -0.4 is 10.6 Å². The summed E-state index contributed by atoms with van der Waals surface area (Å²) in [6.45, 7) is 7.35. The van der Waals surface area contributed by atoms with Crippen LogP contribution in [0.2, 0.25) is 0 Å². The minimum atomic E-state index is -1.92. The van der Waals surface area contributed by atoms with Crippen molar-refractivity contribution in [1.82, 2.24) is 20.4 Å². The molecule has 4 unspecified atom stereocenters. The van der Waals surface area contributed by atoms with Gasteiger partial charge in [0.25, 0.3) is 17.7 Å². The fourth-order valence-electron chi connectivity index (χ4n) is 7.92. The number of nitrogens with one attached hydrogen (secondary N) is 2. The molecule has 3 amide bonds. The van der Waals surface area contributed by atoms with E-state index in [0.29, 0.717) is 38.9 Å². The molecule has 282 valence electrons. The number of nitrogens with zero attached hydrogens (tertiary/aromatic N) is 2. The van der Waals surface area contributed by atoms with E-state index in [0.717, 1.165) is 45.8 Å². The number of phenolic OH excluding ortho intramolecular Hbond substituents is 2. The number of fused-ring (bicyclic) bond motifs is 1. The van der Waals surface area contributed by atoms with Crippen LogP contribution in [0.15, 0.2) is 36.4 Å². The van der Waals surface area contributed by atoms with Crippen molar-refractivity contribution in [3.8, 4) is 11.5 Å². The highest BCUT2D eigenvalue weighted by atomic mass is 32.2. The Morgan fingerprint density at radius 2 is 1.37 bits per heavy atom. The summed E-state index contributed by atoms with van der Waals surface area (Å²) in [5.41, 5.74) is -3.76. The molecule has 2 aromatic rings. The zero-order valence-electron chi connectivity index (χ0n) is 29.4. The monoisotopic (exact) mass is 746 g/mol. The minimum Gasteiger partial charge on any atom is -0.505 e. The fraction of sp³-hybridized carbons (Fsp3) is 0.556. The molecule has 4 aliphatic rings. The highest BCUT2D eigenvalue weighted by Crippen LogP contribution is 2.53. The number of phenols is 2. The molecule has 6 rings (SSSR count). The molecule has 7 atom stereocenters. The molecule has 0 aromatic heterocycles. The Kier molecular flexibility index (Phi) is 10.3. The summed E-state index contributed by atoms with van der Waals surface area (Å²) in [6, 6.07) is 4.05. The van der Waals surface area contributed by atoms with Crippen molar-refractivity contribution in [3.05, 3.63) is 59.2 Å². The van der Waals surface area contributed by atoms with Crippen LogP contribution in [0, 0.1) is 11.6 Å². The summed E-state index contributed by atoms with van der Waals surface area (Å²) >= 11 is 1.13. The molecule has 0 radical (unpaired) electrons. The molecule has 0 saturated carbocycles. The standard InChI is InChI=1S/C36H44F2N4O9S/c1-5-35(39-25-9-7-15-50-25,19-11-13-23(43)21(37)17-19)32(48)41(27-29(45)42-28(31(46)47)34(3,4)52-30(27)42)33(49)36(6-2,40-26-10-8-16-51-26)20-12-14-24(44)22(38)18-20/h11-14,17-18,25-28,30,39-40,43-44H,5-10,15-16H2,1-4H3,(H,46,47)/t25?,26?,27-,28+,30-,35?,36?/m1/s1. The normalized spacial score (nSPS) is 27.4. The van der Waals surface area contributed by atoms with Gasteiger partial charge in [-0.05, 0) is 87.8 Å². The van der Waals surface area contributed by atoms with Gasteiger partial charge >= 0.3 is 5.97 Å². The van der Waals surface area contributed by atoms with Crippen molar-refractivity contribution in [1.29, 1.82) is 0 Å². The van der Waals surface area contributed by atoms with E-state index < -0.39 is 92.6 Å². The second-order valence-corrected chi connectivity index (χ2v) is 15.9. The van der Waals surface area contributed by atoms with Crippen molar-refractivity contribution >= 4 is 35.5 Å². The van der Waals surface area contributed by atoms with Crippen LogP contribution >= 0.6 is 11.8 Å². The molecule has 0 aliphatic carbocycles. The van der Waals surface area contributed by atoms with Gasteiger partial charge in [-0.15, -0.1) is 11.8 Å². The van der Waals surface area contributed by atoms with E-state index in [1.165, 1.54) is 12.1 Å². The summed E-state index contributed by atoms with van der Waals surface area (Å²) in [7, 11) is 0. The lowest BCUT2D eigenvalue weighted by Crippen LogP contribution is -2.76. The average molecular weight is 747 g/mol. The Morgan fingerprint density at radius 3 is 1.73 bits per heavy atom. The van der Waals surface area contributed by atoms with Crippen LogP contribution in [-0.4, -0.2) is 96.7 Å². The predicted octanol–water partition coefficient (Wildman–Crippen LogP) is 3.61. The number of carbonyl (C=O) groups excluding carboxylic acids is 3. The van der Waals surface area contributed by atoms with E-state index in [1.54, 1.807) is 27.7 Å².